The zero-order valence-corrected chi connectivity index (χ0v) is 10.3. The molecule has 4 nitrogen and oxygen atoms in total. The van der Waals surface area contributed by atoms with Gasteiger partial charge >= 0.3 is 0 Å². The van der Waals surface area contributed by atoms with E-state index in [-0.39, 0.29) is 5.91 Å². The molecule has 1 saturated heterocycles. The van der Waals surface area contributed by atoms with Crippen molar-refractivity contribution < 1.29 is 4.79 Å². The quantitative estimate of drug-likeness (QED) is 0.709. The minimum absolute atomic E-state index is 0.185. The van der Waals surface area contributed by atoms with Gasteiger partial charge in [0.05, 0.1) is 5.41 Å². The Hall–Kier alpha value is -0.610. The molecular weight excluding hydrogens is 190 g/mol. The van der Waals surface area contributed by atoms with Crippen molar-refractivity contribution in [2.75, 3.05) is 33.2 Å². The van der Waals surface area contributed by atoms with Crippen LogP contribution in [-0.4, -0.2) is 55.0 Å². The Morgan fingerprint density at radius 2 is 2.07 bits per heavy atom. The van der Waals surface area contributed by atoms with Gasteiger partial charge in [0.2, 0.25) is 5.91 Å². The molecule has 0 aromatic carbocycles. The van der Waals surface area contributed by atoms with Gasteiger partial charge in [-0.3, -0.25) is 4.79 Å². The zero-order valence-electron chi connectivity index (χ0n) is 10.3. The summed E-state index contributed by atoms with van der Waals surface area (Å²) in [4.78, 5) is 16.3. The van der Waals surface area contributed by atoms with Crippen LogP contribution in [0, 0.1) is 5.41 Å². The molecule has 15 heavy (non-hydrogen) atoms. The van der Waals surface area contributed by atoms with Gasteiger partial charge in [0.15, 0.2) is 0 Å². The highest BCUT2D eigenvalue weighted by molar-refractivity contribution is 5.82. The maximum absolute atomic E-state index is 12.1. The van der Waals surface area contributed by atoms with E-state index in [1.165, 1.54) is 0 Å². The number of amides is 1. The maximum Gasteiger partial charge on any atom is 0.229 e. The first kappa shape index (κ1) is 12.5. The van der Waals surface area contributed by atoms with E-state index in [9.17, 15) is 4.79 Å². The molecule has 1 heterocycles. The third-order valence-corrected chi connectivity index (χ3v) is 3.34. The van der Waals surface area contributed by atoms with E-state index in [2.05, 4.69) is 18.9 Å². The lowest BCUT2D eigenvalue weighted by molar-refractivity contribution is -0.142. The van der Waals surface area contributed by atoms with Gasteiger partial charge < -0.3 is 15.5 Å². The predicted molar refractivity (Wildman–Crippen MR) is 61.5 cm³/mol. The van der Waals surface area contributed by atoms with Crippen LogP contribution in [0.15, 0.2) is 0 Å². The summed E-state index contributed by atoms with van der Waals surface area (Å²) in [6, 6.07) is 0.441. The van der Waals surface area contributed by atoms with Crippen molar-refractivity contribution in [2.24, 2.45) is 11.1 Å². The van der Waals surface area contributed by atoms with E-state index >= 15 is 0 Å². The first-order valence-corrected chi connectivity index (χ1v) is 5.58. The number of nitrogens with zero attached hydrogens (tertiary/aromatic N) is 2. The summed E-state index contributed by atoms with van der Waals surface area (Å²) in [7, 11) is 2.10. The van der Waals surface area contributed by atoms with Crippen molar-refractivity contribution in [2.45, 2.75) is 26.8 Å². The van der Waals surface area contributed by atoms with E-state index in [4.69, 9.17) is 5.73 Å². The topological polar surface area (TPSA) is 49.6 Å². The average Bonchev–Trinajstić information content (AvgIpc) is 2.21. The van der Waals surface area contributed by atoms with Crippen LogP contribution >= 0.6 is 0 Å². The smallest absolute Gasteiger partial charge is 0.229 e. The molecule has 1 unspecified atom stereocenters. The fraction of sp³-hybridized carbons (Fsp3) is 0.909. The first-order valence-electron chi connectivity index (χ1n) is 5.58. The van der Waals surface area contributed by atoms with Crippen LogP contribution in [0.25, 0.3) is 0 Å². The Kier molecular flexibility index (Phi) is 3.73. The number of hydrogen-bond acceptors (Lipinski definition) is 3. The van der Waals surface area contributed by atoms with E-state index < -0.39 is 5.41 Å². The van der Waals surface area contributed by atoms with Crippen LogP contribution in [-0.2, 0) is 4.79 Å². The molecule has 0 aliphatic carbocycles. The second-order valence-electron chi connectivity index (χ2n) is 5.17. The number of hydrogen-bond donors (Lipinski definition) is 1. The number of piperazine rings is 1. The molecule has 4 heteroatoms. The summed E-state index contributed by atoms with van der Waals surface area (Å²) in [6.45, 7) is 8.98. The molecule has 1 rings (SSSR count). The van der Waals surface area contributed by atoms with Crippen molar-refractivity contribution in [3.05, 3.63) is 0 Å². The molecule has 1 aliphatic rings. The lowest BCUT2D eigenvalue weighted by Crippen LogP contribution is -2.55. The Morgan fingerprint density at radius 3 is 2.53 bits per heavy atom. The molecule has 1 fully saturated rings. The number of likely N-dealkylation sites (N-methyl/N-ethyl adjacent to an activating group) is 1. The van der Waals surface area contributed by atoms with E-state index in [1.54, 1.807) is 0 Å². The summed E-state index contributed by atoms with van der Waals surface area (Å²) in [6.07, 6.45) is 0. The standard InChI is InChI=1S/C11H23N3O/c1-9-7-14(6-5-13(9)4)10(15)11(2,3)8-12/h9H,5-8,12H2,1-4H3. The highest BCUT2D eigenvalue weighted by Gasteiger charge is 2.33. The minimum Gasteiger partial charge on any atom is -0.339 e. The second-order valence-corrected chi connectivity index (χ2v) is 5.17. The third kappa shape index (κ3) is 2.69. The molecule has 0 saturated carbocycles. The molecule has 1 aliphatic heterocycles. The summed E-state index contributed by atoms with van der Waals surface area (Å²) in [5, 5.41) is 0. The molecule has 0 bridgehead atoms. The van der Waals surface area contributed by atoms with Crippen molar-refractivity contribution in [3.8, 4) is 0 Å². The van der Waals surface area contributed by atoms with Crippen LogP contribution < -0.4 is 5.73 Å². The monoisotopic (exact) mass is 213 g/mol. The predicted octanol–water partition coefficient (Wildman–Crippen LogP) is 0.134. The van der Waals surface area contributed by atoms with Crippen LogP contribution in [0.2, 0.25) is 0 Å². The van der Waals surface area contributed by atoms with Gasteiger partial charge in [0.1, 0.15) is 0 Å². The molecule has 2 N–H and O–H groups in total. The van der Waals surface area contributed by atoms with Crippen LogP contribution in [0.1, 0.15) is 20.8 Å². The highest BCUT2D eigenvalue weighted by Crippen LogP contribution is 2.19. The highest BCUT2D eigenvalue weighted by atomic mass is 16.2. The number of nitrogens with two attached hydrogens (primary N) is 1. The minimum atomic E-state index is -0.421. The molecule has 1 atom stereocenters. The van der Waals surface area contributed by atoms with E-state index in [0.29, 0.717) is 12.6 Å². The molecule has 1 amide bonds. The van der Waals surface area contributed by atoms with Crippen molar-refractivity contribution in [3.63, 3.8) is 0 Å². The number of rotatable bonds is 2. The fourth-order valence-electron chi connectivity index (χ4n) is 1.75. The summed E-state index contributed by atoms with van der Waals surface area (Å²) >= 11 is 0. The van der Waals surface area contributed by atoms with Gasteiger partial charge in [-0.2, -0.15) is 0 Å². The Balaban J connectivity index is 2.62. The van der Waals surface area contributed by atoms with Gasteiger partial charge in [-0.1, -0.05) is 0 Å². The Bertz CT molecular complexity index is 240. The lowest BCUT2D eigenvalue weighted by Gasteiger charge is -2.40. The summed E-state index contributed by atoms with van der Waals surface area (Å²) in [5.41, 5.74) is 5.20. The van der Waals surface area contributed by atoms with E-state index in [1.807, 2.05) is 18.7 Å². The molecular formula is C11H23N3O. The lowest BCUT2D eigenvalue weighted by atomic mass is 9.91. The second kappa shape index (κ2) is 4.49. The van der Waals surface area contributed by atoms with Gasteiger partial charge in [-0.25, -0.2) is 0 Å². The van der Waals surface area contributed by atoms with Crippen molar-refractivity contribution in [1.29, 1.82) is 0 Å². The largest absolute Gasteiger partial charge is 0.339 e. The summed E-state index contributed by atoms with van der Waals surface area (Å²) in [5.74, 6) is 0.185. The SMILES string of the molecule is CC1CN(C(=O)C(C)(C)CN)CCN1C. The molecule has 0 radical (unpaired) electrons. The normalized spacial score (nSPS) is 24.3. The van der Waals surface area contributed by atoms with Crippen LogP contribution in [0.5, 0.6) is 0 Å². The van der Waals surface area contributed by atoms with Gasteiger partial charge in [0.25, 0.3) is 0 Å². The number of carbonyl (C=O) groups excluding carboxylic acids is 1. The zero-order chi connectivity index (χ0) is 11.6. The maximum atomic E-state index is 12.1. The van der Waals surface area contributed by atoms with Gasteiger partial charge in [0, 0.05) is 32.2 Å². The molecule has 0 aromatic rings. The molecule has 88 valence electrons. The first-order chi connectivity index (χ1) is 6.88. The van der Waals surface area contributed by atoms with Crippen molar-refractivity contribution in [1.82, 2.24) is 9.80 Å². The Morgan fingerprint density at radius 1 is 1.47 bits per heavy atom. The molecule has 0 aromatic heterocycles. The average molecular weight is 213 g/mol. The molecule has 0 spiro atoms. The summed E-state index contributed by atoms with van der Waals surface area (Å²) < 4.78 is 0. The van der Waals surface area contributed by atoms with E-state index in [0.717, 1.165) is 19.6 Å². The number of carbonyl (C=O) groups is 1. The third-order valence-electron chi connectivity index (χ3n) is 3.34. The fourth-order valence-corrected chi connectivity index (χ4v) is 1.75. The Labute approximate surface area is 92.4 Å². The van der Waals surface area contributed by atoms with Crippen LogP contribution in [0.3, 0.4) is 0 Å². The van der Waals surface area contributed by atoms with Crippen LogP contribution in [0.4, 0.5) is 0 Å². The van der Waals surface area contributed by atoms with Crippen molar-refractivity contribution >= 4 is 5.91 Å². The van der Waals surface area contributed by atoms with Gasteiger partial charge in [-0.05, 0) is 27.8 Å². The van der Waals surface area contributed by atoms with Gasteiger partial charge in [-0.15, -0.1) is 0 Å².